The molecule has 0 radical (unpaired) electrons. The fraction of sp³-hybridized carbons (Fsp3) is 0.500. The second-order valence-corrected chi connectivity index (χ2v) is 4.46. The highest BCUT2D eigenvalue weighted by Gasteiger charge is 2.21. The number of rotatable bonds is 3. The number of pyridine rings is 1. The molecule has 0 atom stereocenters. The highest BCUT2D eigenvalue weighted by atomic mass is 32.2. The van der Waals surface area contributed by atoms with Crippen LogP contribution in [0, 0.1) is 12.8 Å². The van der Waals surface area contributed by atoms with Crippen LogP contribution in [0.5, 0.6) is 0 Å². The van der Waals surface area contributed by atoms with Crippen molar-refractivity contribution in [3.63, 3.8) is 0 Å². The fourth-order valence-electron chi connectivity index (χ4n) is 1.09. The van der Waals surface area contributed by atoms with Gasteiger partial charge in [0.15, 0.2) is 0 Å². The zero-order valence-corrected chi connectivity index (χ0v) is 8.10. The molecule has 0 aromatic carbocycles. The van der Waals surface area contributed by atoms with Crippen molar-refractivity contribution < 1.29 is 0 Å². The van der Waals surface area contributed by atoms with Crippen molar-refractivity contribution in [2.45, 2.75) is 24.7 Å². The van der Waals surface area contributed by atoms with E-state index in [1.54, 1.807) is 0 Å². The Kier molecular flexibility index (Phi) is 2.35. The zero-order chi connectivity index (χ0) is 8.39. The lowest BCUT2D eigenvalue weighted by molar-refractivity contribution is 0.997. The third kappa shape index (κ3) is 2.01. The van der Waals surface area contributed by atoms with E-state index in [1.165, 1.54) is 29.1 Å². The molecule has 2 rings (SSSR count). The molecule has 12 heavy (non-hydrogen) atoms. The molecule has 1 aliphatic carbocycles. The van der Waals surface area contributed by atoms with Crippen LogP contribution in [0.4, 0.5) is 0 Å². The van der Waals surface area contributed by atoms with E-state index >= 15 is 0 Å². The third-order valence-electron chi connectivity index (χ3n) is 2.16. The minimum atomic E-state index is 0.995. The Morgan fingerprint density at radius 2 is 2.42 bits per heavy atom. The van der Waals surface area contributed by atoms with Crippen LogP contribution < -0.4 is 0 Å². The van der Waals surface area contributed by atoms with Gasteiger partial charge in [-0.1, -0.05) is 0 Å². The summed E-state index contributed by atoms with van der Waals surface area (Å²) in [5, 5.41) is 0. The van der Waals surface area contributed by atoms with Crippen molar-refractivity contribution >= 4 is 11.8 Å². The molecule has 0 aliphatic heterocycles. The second kappa shape index (κ2) is 3.48. The number of hydrogen-bond donors (Lipinski definition) is 0. The first-order valence-corrected chi connectivity index (χ1v) is 5.38. The molecule has 1 aliphatic rings. The molecule has 64 valence electrons. The topological polar surface area (TPSA) is 12.9 Å². The van der Waals surface area contributed by atoms with Crippen molar-refractivity contribution in [3.05, 3.63) is 24.0 Å². The smallest absolute Gasteiger partial charge is 0.0406 e. The molecule has 0 saturated heterocycles. The van der Waals surface area contributed by atoms with Crippen LogP contribution in [0.25, 0.3) is 0 Å². The molecule has 1 fully saturated rings. The lowest BCUT2D eigenvalue weighted by Crippen LogP contribution is -1.85. The molecular formula is C10H13NS. The van der Waals surface area contributed by atoms with Crippen molar-refractivity contribution in [1.29, 1.82) is 0 Å². The van der Waals surface area contributed by atoms with Crippen molar-refractivity contribution in [2.75, 3.05) is 5.75 Å². The highest BCUT2D eigenvalue weighted by Crippen LogP contribution is 2.35. The molecule has 1 saturated carbocycles. The van der Waals surface area contributed by atoms with Gasteiger partial charge in [0.2, 0.25) is 0 Å². The maximum Gasteiger partial charge on any atom is 0.0406 e. The quantitative estimate of drug-likeness (QED) is 0.662. The SMILES string of the molecule is Cc1ccncc1SCC1CC1. The highest BCUT2D eigenvalue weighted by molar-refractivity contribution is 7.99. The first kappa shape index (κ1) is 8.11. The molecule has 1 heterocycles. The molecule has 1 aromatic rings. The van der Waals surface area contributed by atoms with Gasteiger partial charge in [0, 0.05) is 23.0 Å². The number of thioether (sulfide) groups is 1. The molecule has 0 bridgehead atoms. The Labute approximate surface area is 77.6 Å². The maximum atomic E-state index is 4.12. The molecule has 2 heteroatoms. The normalized spacial score (nSPS) is 16.4. The van der Waals surface area contributed by atoms with Crippen LogP contribution in [0.3, 0.4) is 0 Å². The Balaban J connectivity index is 1.96. The zero-order valence-electron chi connectivity index (χ0n) is 7.29. The predicted octanol–water partition coefficient (Wildman–Crippen LogP) is 2.89. The lowest BCUT2D eigenvalue weighted by atomic mass is 10.3. The van der Waals surface area contributed by atoms with Crippen molar-refractivity contribution in [3.8, 4) is 0 Å². The molecule has 0 amide bonds. The van der Waals surface area contributed by atoms with Crippen molar-refractivity contribution in [1.82, 2.24) is 4.98 Å². The van der Waals surface area contributed by atoms with Crippen LogP contribution in [0.15, 0.2) is 23.4 Å². The van der Waals surface area contributed by atoms with E-state index in [-0.39, 0.29) is 0 Å². The van der Waals surface area contributed by atoms with Gasteiger partial charge >= 0.3 is 0 Å². The Bertz CT molecular complexity index is 268. The van der Waals surface area contributed by atoms with Crippen molar-refractivity contribution in [2.24, 2.45) is 5.92 Å². The number of hydrogen-bond acceptors (Lipinski definition) is 2. The Morgan fingerprint density at radius 1 is 1.58 bits per heavy atom. The van der Waals surface area contributed by atoms with Crippen LogP contribution >= 0.6 is 11.8 Å². The molecule has 1 aromatic heterocycles. The summed E-state index contributed by atoms with van der Waals surface area (Å²) < 4.78 is 0. The molecular weight excluding hydrogens is 166 g/mol. The summed E-state index contributed by atoms with van der Waals surface area (Å²) in [6, 6.07) is 2.08. The van der Waals surface area contributed by atoms with E-state index in [9.17, 15) is 0 Å². The van der Waals surface area contributed by atoms with E-state index < -0.39 is 0 Å². The van der Waals surface area contributed by atoms with E-state index in [2.05, 4.69) is 18.0 Å². The van der Waals surface area contributed by atoms with E-state index in [0.717, 1.165) is 5.92 Å². The lowest BCUT2D eigenvalue weighted by Gasteiger charge is -2.02. The van der Waals surface area contributed by atoms with Gasteiger partial charge in [0.1, 0.15) is 0 Å². The largest absolute Gasteiger partial charge is 0.264 e. The summed E-state index contributed by atoms with van der Waals surface area (Å²) >= 11 is 1.96. The van der Waals surface area contributed by atoms with Crippen LogP contribution in [0.2, 0.25) is 0 Å². The Morgan fingerprint density at radius 3 is 3.08 bits per heavy atom. The van der Waals surface area contributed by atoms with Gasteiger partial charge in [-0.05, 0) is 37.3 Å². The number of aryl methyl sites for hydroxylation is 1. The molecule has 0 N–H and O–H groups in total. The second-order valence-electron chi connectivity index (χ2n) is 3.40. The summed E-state index contributed by atoms with van der Waals surface area (Å²) in [5.74, 6) is 2.28. The average Bonchev–Trinajstić information content (AvgIpc) is 2.86. The van der Waals surface area contributed by atoms with Gasteiger partial charge in [-0.3, -0.25) is 4.98 Å². The molecule has 1 nitrogen and oxygen atoms in total. The van der Waals surface area contributed by atoms with Gasteiger partial charge in [-0.2, -0.15) is 0 Å². The fourth-order valence-corrected chi connectivity index (χ4v) is 2.27. The average molecular weight is 179 g/mol. The van der Waals surface area contributed by atoms with Gasteiger partial charge in [0.25, 0.3) is 0 Å². The number of nitrogens with zero attached hydrogens (tertiary/aromatic N) is 1. The van der Waals surface area contributed by atoms with E-state index in [4.69, 9.17) is 0 Å². The summed E-state index contributed by atoms with van der Waals surface area (Å²) in [7, 11) is 0. The van der Waals surface area contributed by atoms with Crippen LogP contribution in [-0.2, 0) is 0 Å². The van der Waals surface area contributed by atoms with E-state index in [0.29, 0.717) is 0 Å². The van der Waals surface area contributed by atoms with Gasteiger partial charge in [0.05, 0.1) is 0 Å². The van der Waals surface area contributed by atoms with Crippen LogP contribution in [0.1, 0.15) is 18.4 Å². The van der Waals surface area contributed by atoms with Crippen LogP contribution in [-0.4, -0.2) is 10.7 Å². The summed E-state index contributed by atoms with van der Waals surface area (Å²) in [6.07, 6.45) is 6.71. The molecule has 0 spiro atoms. The monoisotopic (exact) mass is 179 g/mol. The maximum absolute atomic E-state index is 4.12. The minimum absolute atomic E-state index is 0.995. The standard InChI is InChI=1S/C10H13NS/c1-8-4-5-11-6-10(8)12-7-9-2-3-9/h4-6,9H,2-3,7H2,1H3. The van der Waals surface area contributed by atoms with Gasteiger partial charge < -0.3 is 0 Å². The minimum Gasteiger partial charge on any atom is -0.264 e. The first-order valence-electron chi connectivity index (χ1n) is 4.39. The predicted molar refractivity (Wildman–Crippen MR) is 52.4 cm³/mol. The Hall–Kier alpha value is -0.500. The first-order chi connectivity index (χ1) is 5.86. The molecule has 0 unspecified atom stereocenters. The number of aromatic nitrogens is 1. The van der Waals surface area contributed by atoms with Gasteiger partial charge in [-0.15, -0.1) is 11.8 Å². The summed E-state index contributed by atoms with van der Waals surface area (Å²) in [6.45, 7) is 2.15. The van der Waals surface area contributed by atoms with E-state index in [1.807, 2.05) is 24.2 Å². The summed E-state index contributed by atoms with van der Waals surface area (Å²) in [4.78, 5) is 5.47. The third-order valence-corrected chi connectivity index (χ3v) is 3.54. The summed E-state index contributed by atoms with van der Waals surface area (Å²) in [5.41, 5.74) is 1.36. The van der Waals surface area contributed by atoms with Gasteiger partial charge in [-0.25, -0.2) is 0 Å².